The van der Waals surface area contributed by atoms with Gasteiger partial charge in [0.1, 0.15) is 5.75 Å². The first-order valence-electron chi connectivity index (χ1n) is 11.7. The number of nitrogens with one attached hydrogen (secondary N) is 1. The molecule has 3 rings (SSSR count). The zero-order chi connectivity index (χ0) is 27.4. The van der Waals surface area contributed by atoms with E-state index in [1.165, 1.54) is 40.7 Å². The number of carbonyl (C=O) groups is 1. The molecule has 2 aromatic carbocycles. The number of ether oxygens (including phenoxy) is 1. The Balaban J connectivity index is 1.78. The summed E-state index contributed by atoms with van der Waals surface area (Å²) in [6, 6.07) is 8.95. The van der Waals surface area contributed by atoms with E-state index in [1.807, 2.05) is 0 Å². The number of likely N-dealkylation sites (tertiary alicyclic amines) is 1. The van der Waals surface area contributed by atoms with Crippen LogP contribution in [0.5, 0.6) is 5.75 Å². The predicted molar refractivity (Wildman–Crippen MR) is 135 cm³/mol. The Kier molecular flexibility index (Phi) is 9.12. The summed E-state index contributed by atoms with van der Waals surface area (Å²) in [6.45, 7) is 2.03. The predicted octanol–water partition coefficient (Wildman–Crippen LogP) is 4.99. The Morgan fingerprint density at radius 2 is 1.92 bits per heavy atom. The number of alkyl halides is 3. The van der Waals surface area contributed by atoms with Crippen molar-refractivity contribution >= 4 is 33.2 Å². The monoisotopic (exact) mass is 563 g/mol. The van der Waals surface area contributed by atoms with Gasteiger partial charge >= 0.3 is 6.36 Å². The first kappa shape index (κ1) is 29.2. The molecule has 1 aliphatic heterocycles. The Bertz CT molecular complexity index is 1230. The number of carbonyl (C=O) groups excluding carboxylic acids is 1. The molecule has 37 heavy (non-hydrogen) atoms. The number of sulfonamides is 1. The van der Waals surface area contributed by atoms with Crippen molar-refractivity contribution in [1.82, 2.24) is 4.31 Å². The van der Waals surface area contributed by atoms with Crippen LogP contribution in [0.15, 0.2) is 42.5 Å². The van der Waals surface area contributed by atoms with Crippen LogP contribution in [0, 0.1) is 5.21 Å². The van der Waals surface area contributed by atoms with E-state index in [2.05, 4.69) is 10.1 Å². The minimum Gasteiger partial charge on any atom is -0.632 e. The Morgan fingerprint density at radius 1 is 1.22 bits per heavy atom. The lowest BCUT2D eigenvalue weighted by molar-refractivity contribution is -0.900. The van der Waals surface area contributed by atoms with Gasteiger partial charge in [0.2, 0.25) is 10.0 Å². The second-order valence-corrected chi connectivity index (χ2v) is 11.3. The van der Waals surface area contributed by atoms with Crippen molar-refractivity contribution in [2.75, 3.05) is 37.8 Å². The molecular formula is C24H29ClF3N3O5S. The van der Waals surface area contributed by atoms with Crippen LogP contribution >= 0.6 is 11.6 Å². The first-order valence-corrected chi connectivity index (χ1v) is 13.9. The van der Waals surface area contributed by atoms with Gasteiger partial charge in [-0.15, -0.1) is 13.2 Å². The highest BCUT2D eigenvalue weighted by molar-refractivity contribution is 7.88. The molecule has 0 radical (unpaired) electrons. The Morgan fingerprint density at radius 3 is 2.54 bits per heavy atom. The molecule has 1 N–H and O–H groups in total. The van der Waals surface area contributed by atoms with Gasteiger partial charge in [-0.05, 0) is 31.0 Å². The number of rotatable bonds is 9. The topological polar surface area (TPSA) is 98.8 Å². The van der Waals surface area contributed by atoms with Crippen LogP contribution in [0.2, 0.25) is 5.02 Å². The lowest BCUT2D eigenvalue weighted by Gasteiger charge is -2.50. The number of halogens is 4. The van der Waals surface area contributed by atoms with Crippen LogP contribution in [0.25, 0.3) is 11.1 Å². The van der Waals surface area contributed by atoms with Gasteiger partial charge < -0.3 is 19.9 Å². The summed E-state index contributed by atoms with van der Waals surface area (Å²) in [6.07, 6.45) is -2.16. The van der Waals surface area contributed by atoms with Gasteiger partial charge in [-0.2, -0.15) is 4.31 Å². The quantitative estimate of drug-likeness (QED) is 0.342. The largest absolute Gasteiger partial charge is 0.632 e. The molecule has 1 amide bonds. The smallest absolute Gasteiger partial charge is 0.573 e. The number of benzene rings is 2. The number of nitrogens with zero attached hydrogens (tertiary/aromatic N) is 2. The molecule has 13 heteroatoms. The standard InChI is InChI=1S/C24H29ClF3N3O5S/c1-3-30(37(2,34)35)13-15-31(33)14-7-6-9-21(31)23(32)29-17-11-12-18(20(25)16-17)19-8-4-5-10-22(19)36-24(26,27)28/h4-5,8,10-12,16,21H,3,6-7,9,13-15H2,1-2H3,(H,29,32). The molecule has 2 unspecified atom stereocenters. The van der Waals surface area contributed by atoms with Crippen LogP contribution in [0.3, 0.4) is 0 Å². The zero-order valence-corrected chi connectivity index (χ0v) is 22.0. The lowest BCUT2D eigenvalue weighted by atomic mass is 10.00. The number of para-hydroxylation sites is 1. The Labute approximate surface area is 219 Å². The molecule has 0 bridgehead atoms. The number of quaternary nitrogens is 1. The fourth-order valence-electron chi connectivity index (χ4n) is 4.50. The van der Waals surface area contributed by atoms with E-state index in [0.717, 1.165) is 6.26 Å². The zero-order valence-electron chi connectivity index (χ0n) is 20.4. The average molecular weight is 564 g/mol. The molecule has 1 fully saturated rings. The third kappa shape index (κ3) is 7.57. The molecule has 0 spiro atoms. The van der Waals surface area contributed by atoms with E-state index >= 15 is 0 Å². The van der Waals surface area contributed by atoms with Gasteiger partial charge in [0.05, 0.1) is 30.9 Å². The van der Waals surface area contributed by atoms with Gasteiger partial charge in [-0.1, -0.05) is 42.8 Å². The van der Waals surface area contributed by atoms with E-state index < -0.39 is 38.7 Å². The minimum absolute atomic E-state index is 0.00252. The van der Waals surface area contributed by atoms with Gasteiger partial charge in [-0.3, -0.25) is 4.79 Å². The summed E-state index contributed by atoms with van der Waals surface area (Å²) in [7, 11) is -3.48. The Hall–Kier alpha value is -2.38. The highest BCUT2D eigenvalue weighted by Gasteiger charge is 2.38. The van der Waals surface area contributed by atoms with E-state index in [4.69, 9.17) is 11.6 Å². The van der Waals surface area contributed by atoms with Crippen LogP contribution in [-0.4, -0.2) is 68.1 Å². The van der Waals surface area contributed by atoms with Gasteiger partial charge in [-0.25, -0.2) is 8.42 Å². The third-order valence-electron chi connectivity index (χ3n) is 6.32. The van der Waals surface area contributed by atoms with Crippen molar-refractivity contribution in [3.63, 3.8) is 0 Å². The maximum absolute atomic E-state index is 13.6. The fourth-order valence-corrected chi connectivity index (χ4v) is 5.66. The summed E-state index contributed by atoms with van der Waals surface area (Å²) in [5.74, 6) is -0.943. The van der Waals surface area contributed by atoms with E-state index in [0.29, 0.717) is 19.3 Å². The lowest BCUT2D eigenvalue weighted by Crippen LogP contribution is -2.60. The van der Waals surface area contributed by atoms with Crippen molar-refractivity contribution in [2.45, 2.75) is 38.6 Å². The molecule has 1 aliphatic rings. The van der Waals surface area contributed by atoms with Crippen molar-refractivity contribution in [3.8, 4) is 16.9 Å². The fraction of sp³-hybridized carbons (Fsp3) is 0.458. The number of piperidine rings is 1. The number of anilines is 1. The third-order valence-corrected chi connectivity index (χ3v) is 8.02. The second-order valence-electron chi connectivity index (χ2n) is 8.89. The van der Waals surface area contributed by atoms with Crippen LogP contribution < -0.4 is 10.1 Å². The van der Waals surface area contributed by atoms with Crippen LogP contribution in [0.4, 0.5) is 18.9 Å². The summed E-state index contributed by atoms with van der Waals surface area (Å²) >= 11 is 6.36. The molecular weight excluding hydrogens is 535 g/mol. The molecule has 0 aromatic heterocycles. The molecule has 8 nitrogen and oxygen atoms in total. The minimum atomic E-state index is -4.88. The number of hydrogen-bond acceptors (Lipinski definition) is 5. The summed E-state index contributed by atoms with van der Waals surface area (Å²) in [5.41, 5.74) is 0.666. The number of hydrogen-bond donors (Lipinski definition) is 1. The molecule has 0 aliphatic carbocycles. The highest BCUT2D eigenvalue weighted by atomic mass is 35.5. The van der Waals surface area contributed by atoms with Gasteiger partial charge in [0, 0.05) is 29.8 Å². The normalized spacial score (nSPS) is 20.6. The number of amides is 1. The summed E-state index contributed by atoms with van der Waals surface area (Å²) in [4.78, 5) is 13.1. The summed E-state index contributed by atoms with van der Waals surface area (Å²) in [5, 5.41) is 16.4. The SMILES string of the molecule is CCN(CC[N+]1([O-])CCCCC1C(=O)Nc1ccc(-c2ccccc2OC(F)(F)F)c(Cl)c1)S(C)(=O)=O. The van der Waals surface area contributed by atoms with Crippen LogP contribution in [0.1, 0.15) is 26.2 Å². The molecule has 1 saturated heterocycles. The highest BCUT2D eigenvalue weighted by Crippen LogP contribution is 2.38. The van der Waals surface area contributed by atoms with Crippen molar-refractivity contribution < 1.29 is 35.8 Å². The van der Waals surface area contributed by atoms with E-state index in [-0.39, 0.29) is 48.0 Å². The van der Waals surface area contributed by atoms with Gasteiger partial charge in [0.15, 0.2) is 6.04 Å². The van der Waals surface area contributed by atoms with Crippen molar-refractivity contribution in [2.24, 2.45) is 0 Å². The average Bonchev–Trinajstić information content (AvgIpc) is 2.78. The van der Waals surface area contributed by atoms with Crippen LogP contribution in [-0.2, 0) is 14.8 Å². The van der Waals surface area contributed by atoms with Crippen molar-refractivity contribution in [3.05, 3.63) is 52.7 Å². The summed E-state index contributed by atoms with van der Waals surface area (Å²) < 4.78 is 66.7. The maximum atomic E-state index is 13.6. The van der Waals surface area contributed by atoms with E-state index in [1.54, 1.807) is 13.0 Å². The second kappa shape index (κ2) is 11.6. The molecule has 1 heterocycles. The number of likely N-dealkylation sites (N-methyl/N-ethyl adjacent to an activating group) is 1. The molecule has 0 saturated carbocycles. The molecule has 2 aromatic rings. The maximum Gasteiger partial charge on any atom is 0.573 e. The van der Waals surface area contributed by atoms with E-state index in [9.17, 15) is 31.6 Å². The molecule has 2 atom stereocenters. The first-order chi connectivity index (χ1) is 17.2. The molecule has 204 valence electrons. The van der Waals surface area contributed by atoms with Crippen molar-refractivity contribution in [1.29, 1.82) is 0 Å². The number of hydroxylamine groups is 3. The van der Waals surface area contributed by atoms with Gasteiger partial charge in [0.25, 0.3) is 5.91 Å².